The first-order chi connectivity index (χ1) is 8.38. The maximum Gasteiger partial charge on any atom is 0.0552 e. The van der Waals surface area contributed by atoms with Gasteiger partial charge in [-0.25, -0.2) is 0 Å². The van der Waals surface area contributed by atoms with E-state index in [9.17, 15) is 0 Å². The van der Waals surface area contributed by atoms with E-state index >= 15 is 0 Å². The first-order valence-corrected chi connectivity index (χ1v) is 8.34. The zero-order valence-corrected chi connectivity index (χ0v) is 12.4. The van der Waals surface area contributed by atoms with E-state index < -0.39 is 0 Å². The minimum absolute atomic E-state index is 0.733. The normalized spacial score (nSPS) is 19.4. The van der Waals surface area contributed by atoms with Crippen molar-refractivity contribution >= 4 is 11.8 Å². The van der Waals surface area contributed by atoms with Crippen LogP contribution in [-0.2, 0) is 4.74 Å². The van der Waals surface area contributed by atoms with Crippen LogP contribution < -0.4 is 5.32 Å². The van der Waals surface area contributed by atoms with Gasteiger partial charge in [0.25, 0.3) is 0 Å². The Balaban J connectivity index is 2.25. The van der Waals surface area contributed by atoms with Crippen molar-refractivity contribution in [2.45, 2.75) is 51.5 Å². The molecule has 17 heavy (non-hydrogen) atoms. The van der Waals surface area contributed by atoms with Gasteiger partial charge in [-0.15, -0.1) is 0 Å². The highest BCUT2D eigenvalue weighted by molar-refractivity contribution is 7.99. The topological polar surface area (TPSA) is 21.3 Å². The van der Waals surface area contributed by atoms with E-state index in [-0.39, 0.29) is 0 Å². The highest BCUT2D eigenvalue weighted by atomic mass is 32.2. The van der Waals surface area contributed by atoms with Gasteiger partial charge in [-0.3, -0.25) is 0 Å². The Labute approximate surface area is 111 Å². The van der Waals surface area contributed by atoms with E-state index in [1.54, 1.807) is 7.11 Å². The molecular formula is C14H29NOS. The van der Waals surface area contributed by atoms with Crippen LogP contribution in [0.5, 0.6) is 0 Å². The predicted molar refractivity (Wildman–Crippen MR) is 77.9 cm³/mol. The van der Waals surface area contributed by atoms with Crippen LogP contribution in [0, 0.1) is 5.92 Å². The van der Waals surface area contributed by atoms with Gasteiger partial charge in [-0.2, -0.15) is 11.8 Å². The molecule has 0 spiro atoms. The molecule has 1 unspecified atom stereocenters. The number of thioether (sulfide) groups is 1. The molecule has 1 aliphatic carbocycles. The number of hydrogen-bond donors (Lipinski definition) is 1. The van der Waals surface area contributed by atoms with Crippen molar-refractivity contribution in [3.8, 4) is 0 Å². The van der Waals surface area contributed by atoms with Crippen molar-refractivity contribution in [1.82, 2.24) is 5.32 Å². The number of ether oxygens (including phenoxy) is 1. The van der Waals surface area contributed by atoms with E-state index in [2.05, 4.69) is 12.2 Å². The SMILES string of the molecule is CCCNC(CSCCOC)C1CCCCC1. The maximum absolute atomic E-state index is 5.11. The smallest absolute Gasteiger partial charge is 0.0552 e. The molecule has 102 valence electrons. The monoisotopic (exact) mass is 259 g/mol. The molecule has 1 N–H and O–H groups in total. The third-order valence-corrected chi connectivity index (χ3v) is 4.65. The number of hydrogen-bond acceptors (Lipinski definition) is 3. The highest BCUT2D eigenvalue weighted by Crippen LogP contribution is 2.28. The molecule has 0 bridgehead atoms. The molecule has 0 amide bonds. The van der Waals surface area contributed by atoms with Crippen molar-refractivity contribution in [2.24, 2.45) is 5.92 Å². The molecule has 0 aromatic heterocycles. The Morgan fingerprint density at radius 3 is 2.71 bits per heavy atom. The summed E-state index contributed by atoms with van der Waals surface area (Å²) in [6.07, 6.45) is 8.45. The zero-order chi connectivity index (χ0) is 12.3. The fourth-order valence-electron chi connectivity index (χ4n) is 2.58. The quantitative estimate of drug-likeness (QED) is 0.642. The lowest BCUT2D eigenvalue weighted by Gasteiger charge is -2.31. The number of rotatable bonds is 9. The lowest BCUT2D eigenvalue weighted by atomic mass is 9.84. The van der Waals surface area contributed by atoms with Gasteiger partial charge in [0.05, 0.1) is 6.61 Å². The highest BCUT2D eigenvalue weighted by Gasteiger charge is 2.22. The fraction of sp³-hybridized carbons (Fsp3) is 1.00. The van der Waals surface area contributed by atoms with E-state index in [4.69, 9.17) is 4.74 Å². The predicted octanol–water partition coefficient (Wildman–Crippen LogP) is 3.31. The molecule has 3 heteroatoms. The second-order valence-corrected chi connectivity index (χ2v) is 6.18. The average molecular weight is 259 g/mol. The number of methoxy groups -OCH3 is 1. The van der Waals surface area contributed by atoms with Gasteiger partial charge in [0, 0.05) is 24.7 Å². The molecular weight excluding hydrogens is 230 g/mol. The summed E-state index contributed by atoms with van der Waals surface area (Å²) in [5, 5.41) is 3.75. The van der Waals surface area contributed by atoms with E-state index in [1.807, 2.05) is 11.8 Å². The van der Waals surface area contributed by atoms with E-state index in [0.717, 1.165) is 24.3 Å². The molecule has 1 rings (SSSR count). The third kappa shape index (κ3) is 6.68. The van der Waals surface area contributed by atoms with Crippen LogP contribution in [0.3, 0.4) is 0 Å². The first-order valence-electron chi connectivity index (χ1n) is 7.18. The summed E-state index contributed by atoms with van der Waals surface area (Å²) < 4.78 is 5.11. The molecule has 2 nitrogen and oxygen atoms in total. The molecule has 1 aliphatic rings. The molecule has 1 atom stereocenters. The largest absolute Gasteiger partial charge is 0.384 e. The van der Waals surface area contributed by atoms with Crippen molar-refractivity contribution in [3.63, 3.8) is 0 Å². The van der Waals surface area contributed by atoms with Gasteiger partial charge in [0.1, 0.15) is 0 Å². The van der Waals surface area contributed by atoms with Crippen molar-refractivity contribution in [3.05, 3.63) is 0 Å². The molecule has 1 saturated carbocycles. The van der Waals surface area contributed by atoms with Crippen LogP contribution in [0.1, 0.15) is 45.4 Å². The molecule has 1 fully saturated rings. The molecule has 0 saturated heterocycles. The Kier molecular flexibility index (Phi) is 9.21. The van der Waals surface area contributed by atoms with Gasteiger partial charge in [0.15, 0.2) is 0 Å². The Bertz CT molecular complexity index is 172. The molecule has 0 heterocycles. The summed E-state index contributed by atoms with van der Waals surface area (Å²) in [5.41, 5.74) is 0. The van der Waals surface area contributed by atoms with Crippen LogP contribution in [-0.4, -0.2) is 37.8 Å². The van der Waals surface area contributed by atoms with E-state index in [0.29, 0.717) is 0 Å². The summed E-state index contributed by atoms with van der Waals surface area (Å²) in [5.74, 6) is 3.31. The Morgan fingerprint density at radius 2 is 2.06 bits per heavy atom. The lowest BCUT2D eigenvalue weighted by Crippen LogP contribution is -2.39. The zero-order valence-electron chi connectivity index (χ0n) is 11.5. The van der Waals surface area contributed by atoms with Crippen LogP contribution in [0.15, 0.2) is 0 Å². The second-order valence-electron chi connectivity index (χ2n) is 5.03. The van der Waals surface area contributed by atoms with Gasteiger partial charge in [-0.05, 0) is 31.7 Å². The minimum atomic E-state index is 0.733. The third-order valence-electron chi connectivity index (χ3n) is 3.60. The van der Waals surface area contributed by atoms with Gasteiger partial charge < -0.3 is 10.1 Å². The summed E-state index contributed by atoms with van der Waals surface area (Å²) in [4.78, 5) is 0. The Morgan fingerprint density at radius 1 is 1.29 bits per heavy atom. The number of nitrogens with one attached hydrogen (secondary N) is 1. The van der Waals surface area contributed by atoms with E-state index in [1.165, 1.54) is 50.8 Å². The average Bonchev–Trinajstić information content (AvgIpc) is 2.39. The first kappa shape index (κ1) is 15.3. The summed E-state index contributed by atoms with van der Waals surface area (Å²) in [6, 6.07) is 0.733. The van der Waals surface area contributed by atoms with Gasteiger partial charge in [0.2, 0.25) is 0 Å². The minimum Gasteiger partial charge on any atom is -0.384 e. The fourth-order valence-corrected chi connectivity index (χ4v) is 3.68. The van der Waals surface area contributed by atoms with Crippen LogP contribution >= 0.6 is 11.8 Å². The van der Waals surface area contributed by atoms with Crippen molar-refractivity contribution in [2.75, 3.05) is 31.8 Å². The summed E-state index contributed by atoms with van der Waals surface area (Å²) in [7, 11) is 1.79. The van der Waals surface area contributed by atoms with Crippen LogP contribution in [0.25, 0.3) is 0 Å². The molecule has 0 aromatic rings. The maximum atomic E-state index is 5.11. The van der Waals surface area contributed by atoms with Crippen LogP contribution in [0.2, 0.25) is 0 Å². The van der Waals surface area contributed by atoms with Crippen molar-refractivity contribution in [1.29, 1.82) is 0 Å². The standard InChI is InChI=1S/C14H29NOS/c1-3-9-15-14(12-17-11-10-16-2)13-7-5-4-6-8-13/h13-15H,3-12H2,1-2H3. The summed E-state index contributed by atoms with van der Waals surface area (Å²) >= 11 is 2.04. The lowest BCUT2D eigenvalue weighted by molar-refractivity contribution is 0.218. The molecule has 0 radical (unpaired) electrons. The molecule has 0 aliphatic heterocycles. The van der Waals surface area contributed by atoms with Crippen molar-refractivity contribution < 1.29 is 4.74 Å². The Hall–Kier alpha value is 0.270. The van der Waals surface area contributed by atoms with Gasteiger partial charge >= 0.3 is 0 Å². The molecule has 0 aromatic carbocycles. The summed E-state index contributed by atoms with van der Waals surface area (Å²) in [6.45, 7) is 4.31. The van der Waals surface area contributed by atoms with Crippen LogP contribution in [0.4, 0.5) is 0 Å². The second kappa shape index (κ2) is 10.2. The van der Waals surface area contributed by atoms with Gasteiger partial charge in [-0.1, -0.05) is 26.2 Å².